The van der Waals surface area contributed by atoms with Gasteiger partial charge in [-0.1, -0.05) is 32.4 Å². The molecule has 1 aliphatic rings. The molecule has 0 aromatic heterocycles. The van der Waals surface area contributed by atoms with Gasteiger partial charge in [0, 0.05) is 0 Å². The third kappa shape index (κ3) is 1.22. The van der Waals surface area contributed by atoms with Gasteiger partial charge < -0.3 is 5.73 Å². The standard InChI is InChI=1S/C10H14ClN3/c1-4-10(6(2)3)7(5-12)8(11)14-9(10)13/h6H,4H2,1-3H3,(H2,13,14). The molecular formula is C10H14ClN3. The van der Waals surface area contributed by atoms with Crippen LogP contribution in [0.4, 0.5) is 0 Å². The largest absolute Gasteiger partial charge is 0.386 e. The highest BCUT2D eigenvalue weighted by molar-refractivity contribution is 6.32. The molecule has 0 aromatic carbocycles. The number of nitriles is 1. The Hall–Kier alpha value is -1.01. The first-order valence-corrected chi connectivity index (χ1v) is 5.03. The summed E-state index contributed by atoms with van der Waals surface area (Å²) in [5, 5.41) is 9.30. The highest BCUT2D eigenvalue weighted by Crippen LogP contribution is 2.45. The summed E-state index contributed by atoms with van der Waals surface area (Å²) in [6, 6.07) is 2.12. The van der Waals surface area contributed by atoms with Crippen molar-refractivity contribution in [3.05, 3.63) is 10.7 Å². The fourth-order valence-corrected chi connectivity index (χ4v) is 2.37. The number of amidine groups is 1. The molecule has 0 saturated carbocycles. The van der Waals surface area contributed by atoms with Gasteiger partial charge in [0.05, 0.1) is 17.1 Å². The van der Waals surface area contributed by atoms with Crippen molar-refractivity contribution in [1.29, 1.82) is 5.26 Å². The van der Waals surface area contributed by atoms with E-state index in [2.05, 4.69) is 11.1 Å². The van der Waals surface area contributed by atoms with Crippen LogP contribution in [0.5, 0.6) is 0 Å². The zero-order valence-electron chi connectivity index (χ0n) is 8.63. The molecule has 2 N–H and O–H groups in total. The first-order valence-electron chi connectivity index (χ1n) is 4.65. The summed E-state index contributed by atoms with van der Waals surface area (Å²) in [5.74, 6) is 0.693. The first-order chi connectivity index (χ1) is 6.50. The van der Waals surface area contributed by atoms with Crippen LogP contribution in [0.3, 0.4) is 0 Å². The van der Waals surface area contributed by atoms with Crippen LogP contribution in [-0.4, -0.2) is 5.84 Å². The van der Waals surface area contributed by atoms with Crippen molar-refractivity contribution in [2.45, 2.75) is 27.2 Å². The molecule has 0 aliphatic carbocycles. The molecule has 4 heteroatoms. The van der Waals surface area contributed by atoms with E-state index in [1.165, 1.54) is 0 Å². The predicted molar refractivity (Wildman–Crippen MR) is 57.7 cm³/mol. The van der Waals surface area contributed by atoms with Crippen LogP contribution >= 0.6 is 11.6 Å². The molecule has 1 rings (SSSR count). The normalized spacial score (nSPS) is 26.7. The van der Waals surface area contributed by atoms with Crippen molar-refractivity contribution in [2.75, 3.05) is 0 Å². The number of rotatable bonds is 2. The molecule has 0 aromatic rings. The molecule has 1 aliphatic heterocycles. The number of nitrogens with two attached hydrogens (primary N) is 1. The smallest absolute Gasteiger partial charge is 0.145 e. The van der Waals surface area contributed by atoms with E-state index in [0.29, 0.717) is 11.4 Å². The van der Waals surface area contributed by atoms with Gasteiger partial charge in [-0.05, 0) is 12.3 Å². The molecule has 0 spiro atoms. The fraction of sp³-hybridized carbons (Fsp3) is 0.600. The number of aliphatic imine (C=N–C) groups is 1. The molecular weight excluding hydrogens is 198 g/mol. The second kappa shape index (κ2) is 3.62. The number of hydrogen-bond donors (Lipinski definition) is 1. The molecule has 76 valence electrons. The summed E-state index contributed by atoms with van der Waals surface area (Å²) >= 11 is 5.87. The van der Waals surface area contributed by atoms with Gasteiger partial charge in [0.15, 0.2) is 0 Å². The number of halogens is 1. The summed E-state index contributed by atoms with van der Waals surface area (Å²) in [6.45, 7) is 6.05. The van der Waals surface area contributed by atoms with Crippen molar-refractivity contribution >= 4 is 17.4 Å². The molecule has 1 heterocycles. The van der Waals surface area contributed by atoms with E-state index in [-0.39, 0.29) is 11.1 Å². The SMILES string of the molecule is CCC1(C(C)C)C(N)=NC(Cl)=C1C#N. The molecule has 14 heavy (non-hydrogen) atoms. The fourth-order valence-electron chi connectivity index (χ4n) is 2.07. The Morgan fingerprint density at radius 3 is 2.50 bits per heavy atom. The van der Waals surface area contributed by atoms with Crippen LogP contribution in [0.1, 0.15) is 27.2 Å². The van der Waals surface area contributed by atoms with Crippen molar-refractivity contribution in [2.24, 2.45) is 22.1 Å². The van der Waals surface area contributed by atoms with Crippen LogP contribution in [-0.2, 0) is 0 Å². The van der Waals surface area contributed by atoms with Gasteiger partial charge in [-0.2, -0.15) is 5.26 Å². The minimum atomic E-state index is -0.453. The third-order valence-electron chi connectivity index (χ3n) is 2.98. The molecule has 0 amide bonds. The molecule has 1 atom stereocenters. The zero-order valence-corrected chi connectivity index (χ0v) is 9.39. The minimum Gasteiger partial charge on any atom is -0.386 e. The Labute approximate surface area is 89.3 Å². The summed E-state index contributed by atoms with van der Waals surface area (Å²) in [7, 11) is 0. The van der Waals surface area contributed by atoms with Gasteiger partial charge >= 0.3 is 0 Å². The zero-order chi connectivity index (χ0) is 10.9. The minimum absolute atomic E-state index is 0.224. The maximum absolute atomic E-state index is 9.05. The quantitative estimate of drug-likeness (QED) is 0.713. The van der Waals surface area contributed by atoms with E-state index in [0.717, 1.165) is 6.42 Å². The van der Waals surface area contributed by atoms with E-state index in [1.807, 2.05) is 20.8 Å². The van der Waals surface area contributed by atoms with Crippen molar-refractivity contribution in [1.82, 2.24) is 0 Å². The Bertz CT molecular complexity index is 349. The van der Waals surface area contributed by atoms with Crippen LogP contribution < -0.4 is 5.73 Å². The van der Waals surface area contributed by atoms with Gasteiger partial charge in [0.2, 0.25) is 0 Å². The van der Waals surface area contributed by atoms with E-state index in [1.54, 1.807) is 0 Å². The van der Waals surface area contributed by atoms with Crippen LogP contribution in [0.15, 0.2) is 15.7 Å². The highest BCUT2D eigenvalue weighted by atomic mass is 35.5. The maximum atomic E-state index is 9.05. The summed E-state index contributed by atoms with van der Waals surface area (Å²) in [4.78, 5) is 4.00. The molecule has 0 bridgehead atoms. The van der Waals surface area contributed by atoms with Crippen molar-refractivity contribution < 1.29 is 0 Å². The second-order valence-electron chi connectivity index (χ2n) is 3.75. The summed E-state index contributed by atoms with van der Waals surface area (Å²) in [5.41, 5.74) is 5.91. The Balaban J connectivity index is 3.33. The lowest BCUT2D eigenvalue weighted by molar-refractivity contribution is 0.354. The lowest BCUT2D eigenvalue weighted by Gasteiger charge is -2.32. The lowest BCUT2D eigenvalue weighted by atomic mass is 9.70. The maximum Gasteiger partial charge on any atom is 0.145 e. The third-order valence-corrected chi connectivity index (χ3v) is 3.26. The molecule has 1 unspecified atom stereocenters. The topological polar surface area (TPSA) is 62.2 Å². The average molecular weight is 212 g/mol. The Kier molecular flexibility index (Phi) is 2.86. The summed E-state index contributed by atoms with van der Waals surface area (Å²) < 4.78 is 0. The highest BCUT2D eigenvalue weighted by Gasteiger charge is 2.45. The summed E-state index contributed by atoms with van der Waals surface area (Å²) in [6.07, 6.45) is 0.749. The van der Waals surface area contributed by atoms with Crippen molar-refractivity contribution in [3.8, 4) is 6.07 Å². The van der Waals surface area contributed by atoms with Gasteiger partial charge in [-0.3, -0.25) is 0 Å². The van der Waals surface area contributed by atoms with Gasteiger partial charge in [-0.15, -0.1) is 0 Å². The van der Waals surface area contributed by atoms with E-state index in [9.17, 15) is 0 Å². The number of nitrogens with zero attached hydrogens (tertiary/aromatic N) is 2. The van der Waals surface area contributed by atoms with Crippen LogP contribution in [0, 0.1) is 22.7 Å². The molecule has 3 nitrogen and oxygen atoms in total. The van der Waals surface area contributed by atoms with E-state index < -0.39 is 5.41 Å². The van der Waals surface area contributed by atoms with E-state index in [4.69, 9.17) is 22.6 Å². The van der Waals surface area contributed by atoms with Crippen LogP contribution in [0.25, 0.3) is 0 Å². The number of hydrogen-bond acceptors (Lipinski definition) is 3. The second-order valence-corrected chi connectivity index (χ2v) is 4.11. The van der Waals surface area contributed by atoms with E-state index >= 15 is 0 Å². The van der Waals surface area contributed by atoms with Crippen molar-refractivity contribution in [3.63, 3.8) is 0 Å². The average Bonchev–Trinajstić information content (AvgIpc) is 2.36. The lowest BCUT2D eigenvalue weighted by Crippen LogP contribution is -2.40. The predicted octanol–water partition coefficient (Wildman–Crippen LogP) is 2.38. The van der Waals surface area contributed by atoms with Crippen LogP contribution in [0.2, 0.25) is 0 Å². The monoisotopic (exact) mass is 211 g/mol. The van der Waals surface area contributed by atoms with Gasteiger partial charge in [-0.25, -0.2) is 4.99 Å². The molecule has 0 saturated heterocycles. The molecule has 0 radical (unpaired) electrons. The first kappa shape index (κ1) is 11.1. The van der Waals surface area contributed by atoms with Gasteiger partial charge in [0.1, 0.15) is 11.0 Å². The van der Waals surface area contributed by atoms with Gasteiger partial charge in [0.25, 0.3) is 0 Å². The Morgan fingerprint density at radius 2 is 2.21 bits per heavy atom. The Morgan fingerprint density at radius 1 is 1.64 bits per heavy atom. The molecule has 0 fully saturated rings.